The zero-order chi connectivity index (χ0) is 13.3. The van der Waals surface area contributed by atoms with Crippen molar-refractivity contribution in [2.45, 2.75) is 12.5 Å². The first-order valence-electron chi connectivity index (χ1n) is 5.26. The van der Waals surface area contributed by atoms with Crippen LogP contribution in [-0.4, -0.2) is 41.1 Å². The molecule has 0 radical (unpaired) electrons. The Morgan fingerprint density at radius 3 is 2.78 bits per heavy atom. The van der Waals surface area contributed by atoms with E-state index in [9.17, 15) is 14.8 Å². The van der Waals surface area contributed by atoms with Gasteiger partial charge >= 0.3 is 13.1 Å². The number of aliphatic carboxylic acids is 1. The highest BCUT2D eigenvalue weighted by Crippen LogP contribution is 2.31. The number of fused-ring (bicyclic) bond motifs is 1. The summed E-state index contributed by atoms with van der Waals surface area (Å²) in [5, 5.41) is 27.5. The molecule has 0 spiro atoms. The molecule has 1 aliphatic heterocycles. The molecule has 1 unspecified atom stereocenters. The standard InChI is InChI=1S/C10H12BNO6/c12-6(10(13)14)3-5-1-2-7-9(18-4-17-7)8(5)11(15)16/h1-2,6,15-16H,3-4,12H2,(H,13,14). The second kappa shape index (κ2) is 4.85. The molecule has 0 aliphatic carbocycles. The number of ether oxygens (including phenoxy) is 2. The predicted molar refractivity (Wildman–Crippen MR) is 61.7 cm³/mol. The van der Waals surface area contributed by atoms with E-state index in [1.165, 1.54) is 0 Å². The quantitative estimate of drug-likeness (QED) is 0.460. The van der Waals surface area contributed by atoms with Crippen molar-refractivity contribution in [2.24, 2.45) is 5.73 Å². The van der Waals surface area contributed by atoms with Crippen molar-refractivity contribution >= 4 is 18.6 Å². The molecule has 5 N–H and O–H groups in total. The first-order chi connectivity index (χ1) is 8.50. The normalized spacial score (nSPS) is 14.4. The number of carbonyl (C=O) groups is 1. The Labute approximate surface area is 103 Å². The third kappa shape index (κ3) is 2.26. The van der Waals surface area contributed by atoms with Gasteiger partial charge in [0, 0.05) is 5.46 Å². The number of hydrogen-bond acceptors (Lipinski definition) is 6. The molecule has 1 aromatic rings. The largest absolute Gasteiger partial charge is 0.492 e. The smallest absolute Gasteiger partial charge is 0.480 e. The lowest BCUT2D eigenvalue weighted by atomic mass is 9.74. The van der Waals surface area contributed by atoms with E-state index in [1.807, 2.05) is 0 Å². The van der Waals surface area contributed by atoms with Crippen molar-refractivity contribution in [2.75, 3.05) is 6.79 Å². The summed E-state index contributed by atoms with van der Waals surface area (Å²) >= 11 is 0. The highest BCUT2D eigenvalue weighted by atomic mass is 16.7. The molecule has 7 nitrogen and oxygen atoms in total. The minimum atomic E-state index is -1.78. The lowest BCUT2D eigenvalue weighted by molar-refractivity contribution is -0.138. The molecule has 0 saturated carbocycles. The van der Waals surface area contributed by atoms with E-state index in [4.69, 9.17) is 20.3 Å². The summed E-state index contributed by atoms with van der Waals surface area (Å²) < 4.78 is 10.2. The lowest BCUT2D eigenvalue weighted by Gasteiger charge is -2.13. The molecule has 1 heterocycles. The van der Waals surface area contributed by atoms with Gasteiger partial charge in [0.1, 0.15) is 6.04 Å². The zero-order valence-electron chi connectivity index (χ0n) is 9.37. The summed E-state index contributed by atoms with van der Waals surface area (Å²) in [6, 6.07) is 2.01. The van der Waals surface area contributed by atoms with Crippen LogP contribution in [0.5, 0.6) is 11.5 Å². The van der Waals surface area contributed by atoms with E-state index in [0.717, 1.165) is 0 Å². The lowest BCUT2D eigenvalue weighted by Crippen LogP contribution is -2.39. The van der Waals surface area contributed by atoms with Crippen LogP contribution in [0.25, 0.3) is 0 Å². The van der Waals surface area contributed by atoms with Gasteiger partial charge < -0.3 is 30.4 Å². The van der Waals surface area contributed by atoms with Crippen molar-refractivity contribution < 1.29 is 29.4 Å². The SMILES string of the molecule is NC(Cc1ccc2c(c1B(O)O)OCO2)C(=O)O. The second-order valence-corrected chi connectivity index (χ2v) is 3.89. The van der Waals surface area contributed by atoms with Crippen molar-refractivity contribution in [3.05, 3.63) is 17.7 Å². The Kier molecular flexibility index (Phi) is 3.42. The van der Waals surface area contributed by atoms with Crippen LogP contribution in [0.15, 0.2) is 12.1 Å². The maximum Gasteiger partial charge on any atom is 0.492 e. The molecule has 0 saturated heterocycles. The molecule has 18 heavy (non-hydrogen) atoms. The fourth-order valence-electron chi connectivity index (χ4n) is 1.82. The summed E-state index contributed by atoms with van der Waals surface area (Å²) in [5.41, 5.74) is 5.93. The van der Waals surface area contributed by atoms with Gasteiger partial charge in [0.2, 0.25) is 6.79 Å². The molecule has 2 rings (SSSR count). The van der Waals surface area contributed by atoms with Crippen LogP contribution < -0.4 is 20.7 Å². The van der Waals surface area contributed by atoms with Crippen LogP contribution in [0.3, 0.4) is 0 Å². The molecule has 0 amide bonds. The summed E-state index contributed by atoms with van der Waals surface area (Å²) in [4.78, 5) is 10.7. The third-order valence-electron chi connectivity index (χ3n) is 2.68. The van der Waals surface area contributed by atoms with Crippen LogP contribution in [0, 0.1) is 0 Å². The average Bonchev–Trinajstić information content (AvgIpc) is 2.75. The summed E-state index contributed by atoms with van der Waals surface area (Å²) in [6.45, 7) is -0.0104. The molecule has 1 atom stereocenters. The Hall–Kier alpha value is -1.77. The van der Waals surface area contributed by atoms with Crippen LogP contribution in [0.4, 0.5) is 0 Å². The van der Waals surface area contributed by atoms with Gasteiger partial charge in [-0.25, -0.2) is 0 Å². The van der Waals surface area contributed by atoms with Gasteiger partial charge in [-0.3, -0.25) is 4.79 Å². The molecule has 0 fully saturated rings. The zero-order valence-corrected chi connectivity index (χ0v) is 9.37. The molecule has 96 valence electrons. The van der Waals surface area contributed by atoms with E-state index in [0.29, 0.717) is 11.3 Å². The molecular formula is C10H12BNO6. The topological polar surface area (TPSA) is 122 Å². The number of nitrogens with two attached hydrogens (primary N) is 1. The van der Waals surface area contributed by atoms with Crippen LogP contribution >= 0.6 is 0 Å². The second-order valence-electron chi connectivity index (χ2n) is 3.89. The van der Waals surface area contributed by atoms with E-state index >= 15 is 0 Å². The van der Waals surface area contributed by atoms with Crippen LogP contribution in [-0.2, 0) is 11.2 Å². The molecule has 0 bridgehead atoms. The van der Waals surface area contributed by atoms with Gasteiger partial charge in [-0.2, -0.15) is 0 Å². The average molecular weight is 253 g/mol. The number of carboxylic acid groups (broad SMARTS) is 1. The number of rotatable bonds is 4. The number of carboxylic acids is 1. The first-order valence-corrected chi connectivity index (χ1v) is 5.26. The van der Waals surface area contributed by atoms with Crippen molar-refractivity contribution in [1.82, 2.24) is 0 Å². The Morgan fingerprint density at radius 1 is 1.44 bits per heavy atom. The van der Waals surface area contributed by atoms with E-state index in [1.54, 1.807) is 12.1 Å². The minimum absolute atomic E-state index is 0.0104. The van der Waals surface area contributed by atoms with Gasteiger partial charge in [0.25, 0.3) is 0 Å². The predicted octanol–water partition coefficient (Wildman–Crippen LogP) is -1.95. The maximum atomic E-state index is 10.7. The summed E-state index contributed by atoms with van der Waals surface area (Å²) in [6.07, 6.45) is -0.0288. The fraction of sp³-hybridized carbons (Fsp3) is 0.300. The number of hydrogen-bond donors (Lipinski definition) is 4. The van der Waals surface area contributed by atoms with Crippen LogP contribution in [0.2, 0.25) is 0 Å². The van der Waals surface area contributed by atoms with Gasteiger partial charge in [-0.15, -0.1) is 0 Å². The molecule has 1 aliphatic rings. The van der Waals surface area contributed by atoms with Crippen molar-refractivity contribution in [1.29, 1.82) is 0 Å². The summed E-state index contributed by atoms with van der Waals surface area (Å²) in [7, 11) is -1.78. The highest BCUT2D eigenvalue weighted by Gasteiger charge is 2.29. The maximum absolute atomic E-state index is 10.7. The van der Waals surface area contributed by atoms with Crippen molar-refractivity contribution in [3.63, 3.8) is 0 Å². The van der Waals surface area contributed by atoms with Crippen LogP contribution in [0.1, 0.15) is 5.56 Å². The van der Waals surface area contributed by atoms with Gasteiger partial charge in [-0.05, 0) is 18.1 Å². The fourth-order valence-corrected chi connectivity index (χ4v) is 1.82. The highest BCUT2D eigenvalue weighted by molar-refractivity contribution is 6.60. The Morgan fingerprint density at radius 2 is 2.17 bits per heavy atom. The minimum Gasteiger partial charge on any atom is -0.480 e. The Bertz CT molecular complexity index is 478. The van der Waals surface area contributed by atoms with Gasteiger partial charge in [0.15, 0.2) is 11.5 Å². The first kappa shape index (κ1) is 12.7. The molecule has 8 heteroatoms. The molecule has 0 aromatic heterocycles. The molecular weight excluding hydrogens is 241 g/mol. The van der Waals surface area contributed by atoms with E-state index in [2.05, 4.69) is 0 Å². The van der Waals surface area contributed by atoms with Gasteiger partial charge in [0.05, 0.1) is 0 Å². The van der Waals surface area contributed by atoms with E-state index < -0.39 is 19.1 Å². The Balaban J connectivity index is 2.38. The van der Waals surface area contributed by atoms with Crippen molar-refractivity contribution in [3.8, 4) is 11.5 Å². The number of benzene rings is 1. The molecule has 1 aromatic carbocycles. The van der Waals surface area contributed by atoms with E-state index in [-0.39, 0.29) is 24.4 Å². The monoisotopic (exact) mass is 253 g/mol. The van der Waals surface area contributed by atoms with Gasteiger partial charge in [-0.1, -0.05) is 6.07 Å². The summed E-state index contributed by atoms with van der Waals surface area (Å²) in [5.74, 6) is -0.545. The third-order valence-corrected chi connectivity index (χ3v) is 2.68.